The number of amides is 1. The summed E-state index contributed by atoms with van der Waals surface area (Å²) >= 11 is 0. The van der Waals surface area contributed by atoms with E-state index in [1.54, 1.807) is 6.20 Å². The summed E-state index contributed by atoms with van der Waals surface area (Å²) in [6.07, 6.45) is 3.96. The van der Waals surface area contributed by atoms with E-state index in [0.29, 0.717) is 31.2 Å². The summed E-state index contributed by atoms with van der Waals surface area (Å²) in [6.45, 7) is 3.82. The molecule has 0 spiro atoms. The van der Waals surface area contributed by atoms with Crippen LogP contribution in [0.25, 0.3) is 0 Å². The van der Waals surface area contributed by atoms with Crippen molar-refractivity contribution in [3.63, 3.8) is 0 Å². The third-order valence-corrected chi connectivity index (χ3v) is 4.74. The van der Waals surface area contributed by atoms with E-state index >= 15 is 0 Å². The number of anilines is 2. The Morgan fingerprint density at radius 1 is 1.07 bits per heavy atom. The quantitative estimate of drug-likeness (QED) is 0.735. The van der Waals surface area contributed by atoms with Crippen molar-refractivity contribution in [1.82, 2.24) is 14.9 Å². The van der Waals surface area contributed by atoms with E-state index in [4.69, 9.17) is 4.74 Å². The Morgan fingerprint density at radius 2 is 1.86 bits per heavy atom. The molecule has 1 aliphatic heterocycles. The first-order chi connectivity index (χ1) is 13.7. The average molecular weight is 374 g/mol. The molecule has 142 valence electrons. The van der Waals surface area contributed by atoms with Crippen LogP contribution >= 0.6 is 0 Å². The van der Waals surface area contributed by atoms with Crippen LogP contribution in [0.4, 0.5) is 11.5 Å². The standard InChI is InChI=1S/C22H22N4O2/c1-2-28-20-10-6-5-9-18(20)25-21-14-23-19(13-24-21)22(27)26-12-11-16-7-3-4-8-17(16)15-26/h3-10,13-14H,2,11-12,15H2,1H3,(H,24,25). The van der Waals surface area contributed by atoms with Crippen molar-refractivity contribution < 1.29 is 9.53 Å². The van der Waals surface area contributed by atoms with Gasteiger partial charge >= 0.3 is 0 Å². The Labute approximate surface area is 164 Å². The van der Waals surface area contributed by atoms with Gasteiger partial charge in [0.05, 0.1) is 24.7 Å². The summed E-state index contributed by atoms with van der Waals surface area (Å²) in [4.78, 5) is 23.3. The molecule has 0 aliphatic carbocycles. The summed E-state index contributed by atoms with van der Waals surface area (Å²) in [5, 5.41) is 3.19. The van der Waals surface area contributed by atoms with Crippen LogP contribution in [0.3, 0.4) is 0 Å². The number of ether oxygens (including phenoxy) is 1. The van der Waals surface area contributed by atoms with E-state index in [0.717, 1.165) is 17.9 Å². The van der Waals surface area contributed by atoms with Crippen LogP contribution in [0, 0.1) is 0 Å². The molecule has 6 heteroatoms. The van der Waals surface area contributed by atoms with Gasteiger partial charge in [-0.15, -0.1) is 0 Å². The number of hydrogen-bond donors (Lipinski definition) is 1. The van der Waals surface area contributed by atoms with Crippen molar-refractivity contribution in [2.24, 2.45) is 0 Å². The summed E-state index contributed by atoms with van der Waals surface area (Å²) in [7, 11) is 0. The fourth-order valence-corrected chi connectivity index (χ4v) is 3.32. The van der Waals surface area contributed by atoms with E-state index in [-0.39, 0.29) is 5.91 Å². The minimum absolute atomic E-state index is 0.0942. The molecule has 3 aromatic rings. The molecule has 1 amide bonds. The second-order valence-electron chi connectivity index (χ2n) is 6.59. The van der Waals surface area contributed by atoms with E-state index in [1.807, 2.05) is 48.2 Å². The van der Waals surface area contributed by atoms with Crippen molar-refractivity contribution >= 4 is 17.4 Å². The molecule has 4 rings (SSSR count). The second-order valence-corrected chi connectivity index (χ2v) is 6.59. The number of carbonyl (C=O) groups is 1. The highest BCUT2D eigenvalue weighted by atomic mass is 16.5. The molecule has 0 atom stereocenters. The molecule has 2 heterocycles. The van der Waals surface area contributed by atoms with Gasteiger partial charge in [-0.3, -0.25) is 4.79 Å². The number of nitrogens with zero attached hydrogens (tertiary/aromatic N) is 3. The highest BCUT2D eigenvalue weighted by Gasteiger charge is 2.22. The van der Waals surface area contributed by atoms with Gasteiger partial charge in [0.1, 0.15) is 17.3 Å². The molecule has 1 N–H and O–H groups in total. The van der Waals surface area contributed by atoms with Crippen molar-refractivity contribution in [3.05, 3.63) is 77.7 Å². The molecule has 0 saturated heterocycles. The lowest BCUT2D eigenvalue weighted by molar-refractivity contribution is 0.0728. The summed E-state index contributed by atoms with van der Waals surface area (Å²) in [5.41, 5.74) is 3.67. The van der Waals surface area contributed by atoms with Crippen LogP contribution in [0.1, 0.15) is 28.5 Å². The molecule has 0 unspecified atom stereocenters. The van der Waals surface area contributed by atoms with E-state index in [2.05, 4.69) is 27.4 Å². The molecule has 0 radical (unpaired) electrons. The molecular formula is C22H22N4O2. The van der Waals surface area contributed by atoms with Gasteiger partial charge in [-0.2, -0.15) is 0 Å². The number of rotatable bonds is 5. The van der Waals surface area contributed by atoms with Gasteiger partial charge in [0.25, 0.3) is 5.91 Å². The summed E-state index contributed by atoms with van der Waals surface area (Å²) in [6, 6.07) is 15.9. The molecule has 6 nitrogen and oxygen atoms in total. The van der Waals surface area contributed by atoms with Crippen LogP contribution in [-0.4, -0.2) is 33.9 Å². The molecule has 0 saturated carbocycles. The van der Waals surface area contributed by atoms with Crippen molar-refractivity contribution in [3.8, 4) is 5.75 Å². The topological polar surface area (TPSA) is 67.3 Å². The fraction of sp³-hybridized carbons (Fsp3) is 0.227. The minimum atomic E-state index is -0.0942. The van der Waals surface area contributed by atoms with Gasteiger partial charge in [-0.05, 0) is 36.6 Å². The molecule has 1 aromatic heterocycles. The molecule has 0 fully saturated rings. The molecular weight excluding hydrogens is 352 g/mol. The van der Waals surface area contributed by atoms with Gasteiger partial charge in [-0.25, -0.2) is 9.97 Å². The molecule has 2 aromatic carbocycles. The highest BCUT2D eigenvalue weighted by molar-refractivity contribution is 5.92. The van der Waals surface area contributed by atoms with Crippen LogP contribution in [0.15, 0.2) is 60.9 Å². The third-order valence-electron chi connectivity index (χ3n) is 4.74. The maximum Gasteiger partial charge on any atom is 0.274 e. The first kappa shape index (κ1) is 18.0. The average Bonchev–Trinajstić information content (AvgIpc) is 2.75. The number of benzene rings is 2. The SMILES string of the molecule is CCOc1ccccc1Nc1cnc(C(=O)N2CCc3ccccc3C2)cn1. The maximum atomic E-state index is 12.8. The maximum absolute atomic E-state index is 12.8. The summed E-state index contributed by atoms with van der Waals surface area (Å²) in [5.74, 6) is 1.22. The number of fused-ring (bicyclic) bond motifs is 1. The number of aromatic nitrogens is 2. The smallest absolute Gasteiger partial charge is 0.274 e. The van der Waals surface area contributed by atoms with Gasteiger partial charge in [0.2, 0.25) is 0 Å². The normalized spacial score (nSPS) is 13.0. The monoisotopic (exact) mass is 374 g/mol. The number of hydrogen-bond acceptors (Lipinski definition) is 5. The second kappa shape index (κ2) is 8.08. The van der Waals surface area contributed by atoms with Crippen LogP contribution in [0.2, 0.25) is 0 Å². The van der Waals surface area contributed by atoms with Gasteiger partial charge in [-0.1, -0.05) is 36.4 Å². The zero-order valence-electron chi connectivity index (χ0n) is 15.8. The number of para-hydroxylation sites is 2. The number of carbonyl (C=O) groups excluding carboxylic acids is 1. The molecule has 0 bridgehead atoms. The Balaban J connectivity index is 1.46. The Hall–Kier alpha value is -3.41. The zero-order valence-corrected chi connectivity index (χ0v) is 15.8. The van der Waals surface area contributed by atoms with Crippen LogP contribution in [-0.2, 0) is 13.0 Å². The predicted octanol–water partition coefficient (Wildman–Crippen LogP) is 3.82. The minimum Gasteiger partial charge on any atom is -0.492 e. The largest absolute Gasteiger partial charge is 0.492 e. The zero-order chi connectivity index (χ0) is 19.3. The third kappa shape index (κ3) is 3.81. The first-order valence-corrected chi connectivity index (χ1v) is 9.41. The van der Waals surface area contributed by atoms with Gasteiger partial charge < -0.3 is 15.0 Å². The Bertz CT molecular complexity index is 972. The van der Waals surface area contributed by atoms with Crippen molar-refractivity contribution in [1.29, 1.82) is 0 Å². The Morgan fingerprint density at radius 3 is 2.64 bits per heavy atom. The summed E-state index contributed by atoms with van der Waals surface area (Å²) < 4.78 is 5.61. The lowest BCUT2D eigenvalue weighted by atomic mass is 10.00. The highest BCUT2D eigenvalue weighted by Crippen LogP contribution is 2.26. The van der Waals surface area contributed by atoms with Gasteiger partial charge in [0.15, 0.2) is 0 Å². The van der Waals surface area contributed by atoms with Crippen molar-refractivity contribution in [2.45, 2.75) is 19.9 Å². The van der Waals surface area contributed by atoms with E-state index < -0.39 is 0 Å². The number of nitrogens with one attached hydrogen (secondary N) is 1. The molecule has 28 heavy (non-hydrogen) atoms. The lowest BCUT2D eigenvalue weighted by Gasteiger charge is -2.28. The van der Waals surface area contributed by atoms with Crippen molar-refractivity contribution in [2.75, 3.05) is 18.5 Å². The van der Waals surface area contributed by atoms with E-state index in [9.17, 15) is 4.79 Å². The predicted molar refractivity (Wildman–Crippen MR) is 108 cm³/mol. The van der Waals surface area contributed by atoms with Crippen LogP contribution in [0.5, 0.6) is 5.75 Å². The first-order valence-electron chi connectivity index (χ1n) is 9.41. The van der Waals surface area contributed by atoms with E-state index in [1.165, 1.54) is 17.3 Å². The molecule has 1 aliphatic rings. The van der Waals surface area contributed by atoms with Crippen LogP contribution < -0.4 is 10.1 Å². The lowest BCUT2D eigenvalue weighted by Crippen LogP contribution is -2.36. The fourth-order valence-electron chi connectivity index (χ4n) is 3.32. The Kier molecular flexibility index (Phi) is 5.19. The van der Waals surface area contributed by atoms with Gasteiger partial charge in [0, 0.05) is 13.1 Å².